The van der Waals surface area contributed by atoms with Gasteiger partial charge in [-0.15, -0.1) is 0 Å². The number of anilines is 1. The Morgan fingerprint density at radius 3 is 2.53 bits per heavy atom. The van der Waals surface area contributed by atoms with Crippen LogP contribution in [0.3, 0.4) is 0 Å². The van der Waals surface area contributed by atoms with Crippen LogP contribution < -0.4 is 5.32 Å². The minimum Gasteiger partial charge on any atom is -0.388 e. The molecule has 0 aliphatic heterocycles. The molecule has 1 nitrogen and oxygen atoms in total. The third-order valence-corrected chi connectivity index (χ3v) is 4.66. The highest BCUT2D eigenvalue weighted by Gasteiger charge is 2.09. The molecule has 98 valence electrons. The molecule has 19 heavy (non-hydrogen) atoms. The van der Waals surface area contributed by atoms with E-state index in [1.807, 2.05) is 18.8 Å². The van der Waals surface area contributed by atoms with Crippen molar-refractivity contribution in [1.82, 2.24) is 0 Å². The van der Waals surface area contributed by atoms with Gasteiger partial charge in [0.2, 0.25) is 0 Å². The summed E-state index contributed by atoms with van der Waals surface area (Å²) >= 11 is 1.85. The van der Waals surface area contributed by atoms with E-state index in [0.29, 0.717) is 0 Å². The summed E-state index contributed by atoms with van der Waals surface area (Å²) in [6, 6.07) is 15.5. The lowest BCUT2D eigenvalue weighted by atomic mass is 9.92. The van der Waals surface area contributed by atoms with Gasteiger partial charge in [0.05, 0.1) is 0 Å². The Kier molecular flexibility index (Phi) is 3.79. The quantitative estimate of drug-likeness (QED) is 0.862. The average molecular weight is 269 g/mol. The smallest absolute Gasteiger partial charge is 0.0348 e. The number of nitrogens with one attached hydrogen (secondary N) is 1. The first kappa shape index (κ1) is 12.6. The lowest BCUT2D eigenvalue weighted by molar-refractivity contribution is 0.683. The van der Waals surface area contributed by atoms with Crippen molar-refractivity contribution in [3.05, 3.63) is 53.6 Å². The molecule has 0 bridgehead atoms. The molecule has 0 fully saturated rings. The van der Waals surface area contributed by atoms with Gasteiger partial charge in [-0.3, -0.25) is 0 Å². The van der Waals surface area contributed by atoms with Crippen molar-refractivity contribution < 1.29 is 0 Å². The maximum Gasteiger partial charge on any atom is 0.0348 e. The Morgan fingerprint density at radius 2 is 1.68 bits per heavy atom. The van der Waals surface area contributed by atoms with Gasteiger partial charge in [0.15, 0.2) is 0 Å². The molecule has 0 atom stereocenters. The number of benzene rings is 2. The molecule has 0 amide bonds. The van der Waals surface area contributed by atoms with Crippen LogP contribution in [-0.4, -0.2) is 7.05 Å². The van der Waals surface area contributed by atoms with Gasteiger partial charge >= 0.3 is 0 Å². The van der Waals surface area contributed by atoms with Crippen molar-refractivity contribution in [2.45, 2.75) is 35.5 Å². The highest BCUT2D eigenvalue weighted by molar-refractivity contribution is 7.99. The molecule has 0 aromatic heterocycles. The fourth-order valence-electron chi connectivity index (χ4n) is 2.62. The van der Waals surface area contributed by atoms with E-state index in [0.717, 1.165) is 0 Å². The minimum absolute atomic E-state index is 1.17. The highest BCUT2D eigenvalue weighted by atomic mass is 32.2. The monoisotopic (exact) mass is 269 g/mol. The summed E-state index contributed by atoms with van der Waals surface area (Å²) in [5, 5.41) is 3.19. The Labute approximate surface area is 119 Å². The Balaban J connectivity index is 1.82. The van der Waals surface area contributed by atoms with Gasteiger partial charge < -0.3 is 5.32 Å². The van der Waals surface area contributed by atoms with E-state index in [2.05, 4.69) is 47.8 Å². The first-order valence-electron chi connectivity index (χ1n) is 6.92. The minimum atomic E-state index is 1.17. The second-order valence-corrected chi connectivity index (χ2v) is 6.16. The largest absolute Gasteiger partial charge is 0.388 e. The normalized spacial score (nSPS) is 13.9. The molecule has 0 saturated carbocycles. The average Bonchev–Trinajstić information content (AvgIpc) is 2.47. The predicted molar refractivity (Wildman–Crippen MR) is 83.2 cm³/mol. The summed E-state index contributed by atoms with van der Waals surface area (Å²) in [6.45, 7) is 0. The summed E-state index contributed by atoms with van der Waals surface area (Å²) in [5.74, 6) is 0. The van der Waals surface area contributed by atoms with Crippen LogP contribution >= 0.6 is 11.8 Å². The zero-order valence-corrected chi connectivity index (χ0v) is 12.1. The van der Waals surface area contributed by atoms with Crippen LogP contribution in [0.4, 0.5) is 5.69 Å². The van der Waals surface area contributed by atoms with Crippen molar-refractivity contribution in [3.8, 4) is 0 Å². The summed E-state index contributed by atoms with van der Waals surface area (Å²) in [6.07, 6.45) is 5.20. The maximum atomic E-state index is 3.19. The molecule has 2 aromatic rings. The summed E-state index contributed by atoms with van der Waals surface area (Å²) in [4.78, 5) is 2.65. The molecule has 1 N–H and O–H groups in total. The second-order valence-electron chi connectivity index (χ2n) is 5.02. The Bertz CT molecular complexity index is 577. The molecule has 0 radical (unpaired) electrons. The molecule has 0 unspecified atom stereocenters. The SMILES string of the molecule is CNc1cccc(Sc2ccc3c(c2)CCCC3)c1. The number of hydrogen-bond acceptors (Lipinski definition) is 2. The Morgan fingerprint density at radius 1 is 0.895 bits per heavy atom. The molecular weight excluding hydrogens is 250 g/mol. The second kappa shape index (κ2) is 5.70. The molecule has 2 heteroatoms. The summed E-state index contributed by atoms with van der Waals surface area (Å²) < 4.78 is 0. The van der Waals surface area contributed by atoms with Gasteiger partial charge in [0.1, 0.15) is 0 Å². The van der Waals surface area contributed by atoms with Gasteiger partial charge in [-0.05, 0) is 67.1 Å². The maximum absolute atomic E-state index is 3.19. The van der Waals surface area contributed by atoms with Gasteiger partial charge in [-0.1, -0.05) is 23.9 Å². The van der Waals surface area contributed by atoms with E-state index in [-0.39, 0.29) is 0 Å². The third kappa shape index (κ3) is 2.95. The van der Waals surface area contributed by atoms with E-state index in [1.165, 1.54) is 41.2 Å². The molecule has 1 aliphatic rings. The van der Waals surface area contributed by atoms with Crippen LogP contribution in [0.2, 0.25) is 0 Å². The Hall–Kier alpha value is -1.41. The van der Waals surface area contributed by atoms with Crippen molar-refractivity contribution in [3.63, 3.8) is 0 Å². The van der Waals surface area contributed by atoms with Crippen LogP contribution in [0.1, 0.15) is 24.0 Å². The van der Waals surface area contributed by atoms with Gasteiger partial charge in [-0.25, -0.2) is 0 Å². The molecule has 0 saturated heterocycles. The number of fused-ring (bicyclic) bond motifs is 1. The topological polar surface area (TPSA) is 12.0 Å². The van der Waals surface area contributed by atoms with Gasteiger partial charge in [0, 0.05) is 22.5 Å². The molecule has 0 heterocycles. The first-order chi connectivity index (χ1) is 9.35. The third-order valence-electron chi connectivity index (χ3n) is 3.68. The summed E-state index contributed by atoms with van der Waals surface area (Å²) in [5.41, 5.74) is 4.28. The molecule has 3 rings (SSSR count). The van der Waals surface area contributed by atoms with Gasteiger partial charge in [0.25, 0.3) is 0 Å². The fraction of sp³-hybridized carbons (Fsp3) is 0.294. The highest BCUT2D eigenvalue weighted by Crippen LogP contribution is 2.32. The molecule has 0 spiro atoms. The number of hydrogen-bond donors (Lipinski definition) is 1. The number of aryl methyl sites for hydroxylation is 2. The van der Waals surface area contributed by atoms with E-state index in [1.54, 1.807) is 11.1 Å². The molecule has 1 aliphatic carbocycles. The van der Waals surface area contributed by atoms with Crippen molar-refractivity contribution in [2.75, 3.05) is 12.4 Å². The van der Waals surface area contributed by atoms with Crippen LogP contribution in [0.15, 0.2) is 52.3 Å². The summed E-state index contributed by atoms with van der Waals surface area (Å²) in [7, 11) is 1.96. The van der Waals surface area contributed by atoms with Crippen molar-refractivity contribution in [1.29, 1.82) is 0 Å². The van der Waals surface area contributed by atoms with E-state index >= 15 is 0 Å². The van der Waals surface area contributed by atoms with Crippen LogP contribution in [0.25, 0.3) is 0 Å². The first-order valence-corrected chi connectivity index (χ1v) is 7.74. The van der Waals surface area contributed by atoms with Crippen LogP contribution in [0.5, 0.6) is 0 Å². The standard InChI is InChI=1S/C17H19NS/c1-18-15-7-4-8-16(12-15)19-17-10-9-13-5-2-3-6-14(13)11-17/h4,7-12,18H,2-3,5-6H2,1H3. The molecular formula is C17H19NS. The zero-order valence-electron chi connectivity index (χ0n) is 11.3. The predicted octanol–water partition coefficient (Wildman–Crippen LogP) is 4.76. The van der Waals surface area contributed by atoms with E-state index in [4.69, 9.17) is 0 Å². The van der Waals surface area contributed by atoms with Crippen molar-refractivity contribution in [2.24, 2.45) is 0 Å². The lowest BCUT2D eigenvalue weighted by Crippen LogP contribution is -2.01. The van der Waals surface area contributed by atoms with Crippen LogP contribution in [-0.2, 0) is 12.8 Å². The van der Waals surface area contributed by atoms with Gasteiger partial charge in [-0.2, -0.15) is 0 Å². The molecule has 2 aromatic carbocycles. The zero-order chi connectivity index (χ0) is 13.1. The van der Waals surface area contributed by atoms with Crippen LogP contribution in [0, 0.1) is 0 Å². The number of rotatable bonds is 3. The fourth-order valence-corrected chi connectivity index (χ4v) is 3.57. The van der Waals surface area contributed by atoms with Crippen molar-refractivity contribution >= 4 is 17.4 Å². The van der Waals surface area contributed by atoms with E-state index in [9.17, 15) is 0 Å². The lowest BCUT2D eigenvalue weighted by Gasteiger charge is -2.16. The van der Waals surface area contributed by atoms with E-state index < -0.39 is 0 Å².